The maximum Gasteiger partial charge on any atom is 0.306 e. The van der Waals surface area contributed by atoms with Gasteiger partial charge in [0, 0.05) is 19.3 Å². The van der Waals surface area contributed by atoms with E-state index >= 15 is 0 Å². The molecule has 0 spiro atoms. The average molecular weight is 1120 g/mol. The molecular formula is C75H120O6. The van der Waals surface area contributed by atoms with Crippen LogP contribution in [0.3, 0.4) is 0 Å². The first kappa shape index (κ1) is 76.0. The lowest BCUT2D eigenvalue weighted by molar-refractivity contribution is -0.167. The van der Waals surface area contributed by atoms with E-state index < -0.39 is 6.10 Å². The van der Waals surface area contributed by atoms with Gasteiger partial charge >= 0.3 is 17.9 Å². The van der Waals surface area contributed by atoms with Gasteiger partial charge in [0.1, 0.15) is 13.2 Å². The molecule has 0 saturated carbocycles. The van der Waals surface area contributed by atoms with Crippen molar-refractivity contribution in [3.8, 4) is 0 Å². The molecule has 1 unspecified atom stereocenters. The molecular weight excluding hydrogens is 997 g/mol. The quantitative estimate of drug-likeness (QED) is 0.0261. The van der Waals surface area contributed by atoms with Crippen molar-refractivity contribution in [3.63, 3.8) is 0 Å². The highest BCUT2D eigenvalue weighted by Crippen LogP contribution is 2.15. The minimum absolute atomic E-state index is 0.109. The van der Waals surface area contributed by atoms with E-state index in [0.29, 0.717) is 19.3 Å². The molecule has 0 bridgehead atoms. The maximum atomic E-state index is 12.9. The van der Waals surface area contributed by atoms with Gasteiger partial charge in [-0.3, -0.25) is 14.4 Å². The Morgan fingerprint density at radius 1 is 0.259 bits per heavy atom. The van der Waals surface area contributed by atoms with Crippen LogP contribution in [0.4, 0.5) is 0 Å². The van der Waals surface area contributed by atoms with Gasteiger partial charge < -0.3 is 14.2 Å². The Morgan fingerprint density at radius 2 is 0.494 bits per heavy atom. The number of rotatable bonds is 58. The summed E-state index contributed by atoms with van der Waals surface area (Å²) >= 11 is 0. The lowest BCUT2D eigenvalue weighted by Crippen LogP contribution is -2.30. The van der Waals surface area contributed by atoms with Gasteiger partial charge in [0.05, 0.1) is 0 Å². The minimum Gasteiger partial charge on any atom is -0.462 e. The van der Waals surface area contributed by atoms with Gasteiger partial charge in [-0.2, -0.15) is 0 Å². The van der Waals surface area contributed by atoms with E-state index in [1.165, 1.54) is 96.3 Å². The molecule has 0 fully saturated rings. The molecule has 0 aromatic carbocycles. The van der Waals surface area contributed by atoms with E-state index in [9.17, 15) is 14.4 Å². The van der Waals surface area contributed by atoms with E-state index in [2.05, 4.69) is 179 Å². The van der Waals surface area contributed by atoms with Crippen LogP contribution >= 0.6 is 0 Å². The normalized spacial score (nSPS) is 13.2. The number of carbonyl (C=O) groups is 3. The predicted molar refractivity (Wildman–Crippen MR) is 352 cm³/mol. The Kier molecular flexibility index (Phi) is 63.4. The second-order valence-electron chi connectivity index (χ2n) is 21.3. The van der Waals surface area contributed by atoms with Crippen LogP contribution in [-0.4, -0.2) is 37.2 Å². The Morgan fingerprint density at radius 3 is 0.802 bits per heavy atom. The maximum absolute atomic E-state index is 12.9. The largest absolute Gasteiger partial charge is 0.462 e. The van der Waals surface area contributed by atoms with Crippen molar-refractivity contribution in [2.75, 3.05) is 13.2 Å². The molecule has 0 aliphatic heterocycles. The summed E-state index contributed by atoms with van der Waals surface area (Å²) in [4.78, 5) is 38.4. The fourth-order valence-electron chi connectivity index (χ4n) is 8.63. The molecule has 0 aromatic heterocycles. The second kappa shape index (κ2) is 67.5. The van der Waals surface area contributed by atoms with E-state index in [1.807, 2.05) is 0 Å². The van der Waals surface area contributed by atoms with Gasteiger partial charge in [0.2, 0.25) is 0 Å². The van der Waals surface area contributed by atoms with Crippen LogP contribution in [0.1, 0.15) is 278 Å². The van der Waals surface area contributed by atoms with Crippen LogP contribution in [0, 0.1) is 0 Å². The monoisotopic (exact) mass is 1120 g/mol. The zero-order chi connectivity index (χ0) is 58.5. The molecule has 456 valence electrons. The minimum atomic E-state index is -0.819. The highest BCUT2D eigenvalue weighted by atomic mass is 16.6. The number of esters is 3. The van der Waals surface area contributed by atoms with Gasteiger partial charge in [-0.05, 0) is 141 Å². The third-order valence-electron chi connectivity index (χ3n) is 13.5. The SMILES string of the molecule is CC/C=C\C/C=C\C/C=C\C/C=C\C/C=C\CCCCCCCCCCCCCC(=O)OCC(COC(=O)CCC/C=C\C/C=C\C/C=C\C/C=C\C/C=C\CC)OC(=O)CCCCCCCC/C=C\C/C=C\C/C=C\CCCCC. The third-order valence-corrected chi connectivity index (χ3v) is 13.5. The van der Waals surface area contributed by atoms with Crippen LogP contribution in [0.2, 0.25) is 0 Å². The van der Waals surface area contributed by atoms with E-state index in [4.69, 9.17) is 14.2 Å². The Labute approximate surface area is 499 Å². The molecule has 0 heterocycles. The standard InChI is InChI=1S/C75H120O6/c1-4-7-10-13-16-19-22-25-28-31-33-34-35-36-37-38-39-40-42-44-47-50-53-56-59-62-65-68-74(77)80-71-72(70-79-73(76)67-64-61-58-55-52-49-46-43-30-27-24-21-18-15-12-9-6-3)81-75(78)69-66-63-60-57-54-51-48-45-41-32-29-26-23-20-17-14-11-8-5-2/h7,9-10,12,16-21,25-30,33-34,36-37,41,45-46,49,55,58,72H,4-6,8,11,13-15,22-24,31-32,35,38-40,42-44,47-48,50-54,56-57,59-71H2,1-3H3/b10-7-,12-9-,19-16-,20-17-,21-18-,28-25-,29-26-,30-27-,34-33-,37-36-,45-41-,49-46-,58-55-. The van der Waals surface area contributed by atoms with Crippen molar-refractivity contribution >= 4 is 17.9 Å². The van der Waals surface area contributed by atoms with Gasteiger partial charge in [0.25, 0.3) is 0 Å². The summed E-state index contributed by atoms with van der Waals surface area (Å²) < 4.78 is 16.9. The summed E-state index contributed by atoms with van der Waals surface area (Å²) in [5.74, 6) is -0.985. The lowest BCUT2D eigenvalue weighted by Gasteiger charge is -2.18. The van der Waals surface area contributed by atoms with Gasteiger partial charge in [-0.25, -0.2) is 0 Å². The summed E-state index contributed by atoms with van der Waals surface area (Å²) in [7, 11) is 0. The topological polar surface area (TPSA) is 78.9 Å². The molecule has 6 heteroatoms. The van der Waals surface area contributed by atoms with E-state index in [1.54, 1.807) is 0 Å². The molecule has 0 aliphatic rings. The molecule has 0 amide bonds. The van der Waals surface area contributed by atoms with Gasteiger partial charge in [0.15, 0.2) is 6.10 Å². The highest BCUT2D eigenvalue weighted by molar-refractivity contribution is 5.71. The first-order valence-electron chi connectivity index (χ1n) is 33.0. The van der Waals surface area contributed by atoms with Crippen molar-refractivity contribution in [2.45, 2.75) is 284 Å². The second-order valence-corrected chi connectivity index (χ2v) is 21.3. The smallest absolute Gasteiger partial charge is 0.306 e. The average Bonchev–Trinajstić information content (AvgIpc) is 3.47. The molecule has 6 nitrogen and oxygen atoms in total. The molecule has 0 N–H and O–H groups in total. The number of hydrogen-bond donors (Lipinski definition) is 0. The first-order valence-corrected chi connectivity index (χ1v) is 33.0. The zero-order valence-electron chi connectivity index (χ0n) is 52.2. The Hall–Kier alpha value is -4.97. The summed E-state index contributed by atoms with van der Waals surface area (Å²) in [6.07, 6.45) is 98.2. The lowest BCUT2D eigenvalue weighted by atomic mass is 10.0. The number of allylic oxidation sites excluding steroid dienone is 26. The number of hydrogen-bond acceptors (Lipinski definition) is 6. The number of unbranched alkanes of at least 4 members (excludes halogenated alkanes) is 21. The fourth-order valence-corrected chi connectivity index (χ4v) is 8.63. The van der Waals surface area contributed by atoms with Crippen LogP contribution in [0.5, 0.6) is 0 Å². The van der Waals surface area contributed by atoms with Crippen molar-refractivity contribution in [2.24, 2.45) is 0 Å². The van der Waals surface area contributed by atoms with Crippen LogP contribution < -0.4 is 0 Å². The summed E-state index contributed by atoms with van der Waals surface area (Å²) in [6, 6.07) is 0. The molecule has 0 aliphatic carbocycles. The van der Waals surface area contributed by atoms with Crippen LogP contribution in [0.25, 0.3) is 0 Å². The molecule has 81 heavy (non-hydrogen) atoms. The Balaban J connectivity index is 4.45. The van der Waals surface area contributed by atoms with Crippen molar-refractivity contribution in [1.29, 1.82) is 0 Å². The predicted octanol–water partition coefficient (Wildman–Crippen LogP) is 22.9. The van der Waals surface area contributed by atoms with Crippen LogP contribution in [0.15, 0.2) is 158 Å². The van der Waals surface area contributed by atoms with Crippen molar-refractivity contribution < 1.29 is 28.6 Å². The fraction of sp³-hybridized carbons (Fsp3) is 0.613. The van der Waals surface area contributed by atoms with Crippen molar-refractivity contribution in [3.05, 3.63) is 158 Å². The number of carbonyl (C=O) groups excluding carboxylic acids is 3. The summed E-state index contributed by atoms with van der Waals surface area (Å²) in [5, 5.41) is 0. The number of ether oxygens (including phenoxy) is 3. The molecule has 0 saturated heterocycles. The molecule has 1 atom stereocenters. The van der Waals surface area contributed by atoms with Gasteiger partial charge in [-0.15, -0.1) is 0 Å². The third kappa shape index (κ3) is 65.7. The molecule has 0 rings (SSSR count). The van der Waals surface area contributed by atoms with Crippen LogP contribution in [-0.2, 0) is 28.6 Å². The Bertz CT molecular complexity index is 1810. The van der Waals surface area contributed by atoms with Gasteiger partial charge in [-0.1, -0.05) is 275 Å². The van der Waals surface area contributed by atoms with E-state index in [0.717, 1.165) is 135 Å². The molecule has 0 radical (unpaired) electrons. The van der Waals surface area contributed by atoms with Crippen molar-refractivity contribution in [1.82, 2.24) is 0 Å². The summed E-state index contributed by atoms with van der Waals surface area (Å²) in [5.41, 5.74) is 0. The van der Waals surface area contributed by atoms with E-state index in [-0.39, 0.29) is 37.5 Å². The first-order chi connectivity index (χ1) is 40.0. The highest BCUT2D eigenvalue weighted by Gasteiger charge is 2.19. The zero-order valence-corrected chi connectivity index (χ0v) is 52.2. The summed E-state index contributed by atoms with van der Waals surface area (Å²) in [6.45, 7) is 6.33. The molecule has 0 aromatic rings.